The Morgan fingerprint density at radius 2 is 1.71 bits per heavy atom. The first-order chi connectivity index (χ1) is 18.4. The Morgan fingerprint density at radius 3 is 2.39 bits per heavy atom. The summed E-state index contributed by atoms with van der Waals surface area (Å²) in [5, 5.41) is 15.6. The zero-order chi connectivity index (χ0) is 26.2. The molecule has 1 aliphatic rings. The highest BCUT2D eigenvalue weighted by Crippen LogP contribution is 2.30. The van der Waals surface area contributed by atoms with E-state index in [1.54, 1.807) is 0 Å². The second kappa shape index (κ2) is 9.66. The Labute approximate surface area is 220 Å². The second-order valence-corrected chi connectivity index (χ2v) is 9.87. The molecular weight excluding hydrogens is 476 g/mol. The molecule has 1 aliphatic heterocycles. The number of ether oxygens (including phenoxy) is 1. The van der Waals surface area contributed by atoms with E-state index in [0.717, 1.165) is 64.5 Å². The van der Waals surface area contributed by atoms with Gasteiger partial charge in [-0.05, 0) is 61.4 Å². The van der Waals surface area contributed by atoms with E-state index in [4.69, 9.17) is 31.3 Å². The maximum absolute atomic E-state index is 7.84. The van der Waals surface area contributed by atoms with Crippen molar-refractivity contribution >= 4 is 33.7 Å². The third kappa shape index (κ3) is 4.70. The highest BCUT2D eigenvalue weighted by molar-refractivity contribution is 5.98. The molecular formula is C29H30N8O. The highest BCUT2D eigenvalue weighted by atomic mass is 16.5. The van der Waals surface area contributed by atoms with Crippen LogP contribution in [0.15, 0.2) is 66.7 Å². The Bertz CT molecular complexity index is 1600. The number of H-pyrrole nitrogens is 2. The molecule has 0 amide bonds. The van der Waals surface area contributed by atoms with E-state index in [1.807, 2.05) is 66.4 Å². The van der Waals surface area contributed by atoms with E-state index >= 15 is 0 Å². The van der Waals surface area contributed by atoms with Gasteiger partial charge in [-0.2, -0.15) is 0 Å². The molecule has 0 saturated carbocycles. The number of amidine groups is 2. The number of nitrogens with zero attached hydrogens (tertiary/aromatic N) is 3. The van der Waals surface area contributed by atoms with Crippen molar-refractivity contribution in [3.63, 3.8) is 0 Å². The van der Waals surface area contributed by atoms with Crippen molar-refractivity contribution in [3.8, 4) is 5.75 Å². The fourth-order valence-electron chi connectivity index (χ4n) is 5.08. The third-order valence-electron chi connectivity index (χ3n) is 7.16. The summed E-state index contributed by atoms with van der Waals surface area (Å²) in [6.07, 6.45) is 1.70. The number of nitrogens with one attached hydrogen (secondary N) is 4. The molecule has 192 valence electrons. The molecule has 6 N–H and O–H groups in total. The number of nitrogen functional groups attached to an aromatic ring is 1. The predicted molar refractivity (Wildman–Crippen MR) is 149 cm³/mol. The number of para-hydroxylation sites is 2. The van der Waals surface area contributed by atoms with E-state index in [-0.39, 0.29) is 17.9 Å². The number of hydrogen-bond donors (Lipinski definition) is 5. The normalized spacial score (nSPS) is 16.2. The van der Waals surface area contributed by atoms with Crippen LogP contribution in [0.2, 0.25) is 0 Å². The van der Waals surface area contributed by atoms with Crippen LogP contribution in [-0.4, -0.2) is 55.7 Å². The Kier molecular flexibility index (Phi) is 6.03. The van der Waals surface area contributed by atoms with Crippen molar-refractivity contribution in [3.05, 3.63) is 89.5 Å². The largest absolute Gasteiger partial charge is 0.489 e. The molecule has 38 heavy (non-hydrogen) atoms. The van der Waals surface area contributed by atoms with Crippen molar-refractivity contribution < 1.29 is 4.74 Å². The van der Waals surface area contributed by atoms with Gasteiger partial charge < -0.3 is 25.3 Å². The lowest BCUT2D eigenvalue weighted by molar-refractivity contribution is 0.214. The summed E-state index contributed by atoms with van der Waals surface area (Å²) in [5.41, 5.74) is 11.0. The smallest absolute Gasteiger partial charge is 0.122 e. The van der Waals surface area contributed by atoms with Crippen molar-refractivity contribution in [2.24, 2.45) is 5.73 Å². The molecule has 2 aromatic heterocycles. The minimum atomic E-state index is -0.138. The molecule has 9 heteroatoms. The first-order valence-corrected chi connectivity index (χ1v) is 12.8. The number of benzene rings is 3. The number of aromatic amines is 2. The SMILES string of the molecule is CC(=N)N1CCC(Oc2ccc(CC(c3nc4ccccc4[nH]3)c3nc4ccc(C(=N)N)cc4[nH]3)cc2)C1. The van der Waals surface area contributed by atoms with Gasteiger partial charge in [-0.15, -0.1) is 0 Å². The zero-order valence-electron chi connectivity index (χ0n) is 21.2. The molecule has 0 radical (unpaired) electrons. The van der Waals surface area contributed by atoms with Crippen LogP contribution in [0.4, 0.5) is 0 Å². The fraction of sp³-hybridized carbons (Fsp3) is 0.241. The predicted octanol–water partition coefficient (Wildman–Crippen LogP) is 4.55. The minimum absolute atomic E-state index is 0.0254. The highest BCUT2D eigenvalue weighted by Gasteiger charge is 2.25. The summed E-state index contributed by atoms with van der Waals surface area (Å²) in [6, 6.07) is 21.8. The molecule has 3 heterocycles. The van der Waals surface area contributed by atoms with E-state index in [2.05, 4.69) is 22.1 Å². The van der Waals surface area contributed by atoms with Crippen molar-refractivity contribution in [2.45, 2.75) is 31.8 Å². The second-order valence-electron chi connectivity index (χ2n) is 9.87. The Morgan fingerprint density at radius 1 is 1.00 bits per heavy atom. The van der Waals surface area contributed by atoms with Gasteiger partial charge in [0.15, 0.2) is 0 Å². The lowest BCUT2D eigenvalue weighted by Gasteiger charge is -2.17. The number of aromatic nitrogens is 4. The van der Waals surface area contributed by atoms with Crippen LogP contribution < -0.4 is 10.5 Å². The van der Waals surface area contributed by atoms with E-state index in [9.17, 15) is 0 Å². The molecule has 5 aromatic rings. The van der Waals surface area contributed by atoms with Crippen LogP contribution >= 0.6 is 0 Å². The van der Waals surface area contributed by atoms with E-state index < -0.39 is 0 Å². The molecule has 2 unspecified atom stereocenters. The summed E-state index contributed by atoms with van der Waals surface area (Å²) in [4.78, 5) is 18.8. The Hall–Kier alpha value is -4.66. The number of likely N-dealkylation sites (tertiary alicyclic amines) is 1. The summed E-state index contributed by atoms with van der Waals surface area (Å²) < 4.78 is 6.19. The monoisotopic (exact) mass is 506 g/mol. The molecule has 0 bridgehead atoms. The average Bonchev–Trinajstić information content (AvgIpc) is 3.65. The molecule has 3 aromatic carbocycles. The summed E-state index contributed by atoms with van der Waals surface area (Å²) in [6.45, 7) is 3.44. The quantitative estimate of drug-likeness (QED) is 0.163. The maximum Gasteiger partial charge on any atom is 0.122 e. The van der Waals surface area contributed by atoms with Gasteiger partial charge in [-0.1, -0.05) is 24.3 Å². The number of rotatable bonds is 7. The van der Waals surface area contributed by atoms with Gasteiger partial charge >= 0.3 is 0 Å². The fourth-order valence-corrected chi connectivity index (χ4v) is 5.08. The van der Waals surface area contributed by atoms with Gasteiger partial charge in [0, 0.05) is 18.5 Å². The van der Waals surface area contributed by atoms with Crippen LogP contribution in [0.3, 0.4) is 0 Å². The van der Waals surface area contributed by atoms with Crippen LogP contribution in [0, 0.1) is 10.8 Å². The third-order valence-corrected chi connectivity index (χ3v) is 7.16. The number of fused-ring (bicyclic) bond motifs is 2. The van der Waals surface area contributed by atoms with Crippen LogP contribution in [0.5, 0.6) is 5.75 Å². The summed E-state index contributed by atoms with van der Waals surface area (Å²) >= 11 is 0. The first-order valence-electron chi connectivity index (χ1n) is 12.8. The van der Waals surface area contributed by atoms with Gasteiger partial charge in [0.2, 0.25) is 0 Å². The Balaban J connectivity index is 1.28. The maximum atomic E-state index is 7.84. The first kappa shape index (κ1) is 23.7. The lowest BCUT2D eigenvalue weighted by Crippen LogP contribution is -2.28. The molecule has 1 fully saturated rings. The van der Waals surface area contributed by atoms with Crippen molar-refractivity contribution in [2.75, 3.05) is 13.1 Å². The average molecular weight is 507 g/mol. The topological polar surface area (TPSA) is 144 Å². The molecule has 1 saturated heterocycles. The van der Waals surface area contributed by atoms with Gasteiger partial charge in [0.1, 0.15) is 29.3 Å². The van der Waals surface area contributed by atoms with Crippen LogP contribution in [-0.2, 0) is 6.42 Å². The van der Waals surface area contributed by atoms with Crippen molar-refractivity contribution in [1.29, 1.82) is 10.8 Å². The number of nitrogens with two attached hydrogens (primary N) is 1. The minimum Gasteiger partial charge on any atom is -0.489 e. The summed E-state index contributed by atoms with van der Waals surface area (Å²) in [7, 11) is 0. The van der Waals surface area contributed by atoms with Crippen molar-refractivity contribution in [1.82, 2.24) is 24.8 Å². The van der Waals surface area contributed by atoms with Crippen LogP contribution in [0.1, 0.15) is 42.0 Å². The molecule has 9 nitrogen and oxygen atoms in total. The van der Waals surface area contributed by atoms with E-state index in [1.165, 1.54) is 0 Å². The number of hydrogen-bond acceptors (Lipinski definition) is 5. The van der Waals surface area contributed by atoms with Crippen LogP contribution in [0.25, 0.3) is 22.1 Å². The van der Waals surface area contributed by atoms with Gasteiger partial charge in [-0.25, -0.2) is 9.97 Å². The van der Waals surface area contributed by atoms with E-state index in [0.29, 0.717) is 17.8 Å². The summed E-state index contributed by atoms with van der Waals surface area (Å²) in [5.74, 6) is 2.95. The lowest BCUT2D eigenvalue weighted by atomic mass is 9.98. The molecule has 0 spiro atoms. The molecule has 6 rings (SSSR count). The molecule has 2 atom stereocenters. The standard InChI is InChI=1S/C29H30N8O/c1-17(30)37-13-12-21(16-37)38-20-9-6-18(7-10-20)14-22(28-33-23-4-2-3-5-24(23)34-28)29-35-25-11-8-19(27(31)32)15-26(25)36-29/h2-11,15,21-22,30H,12-14,16H2,1H3,(H3,31,32)(H,33,34)(H,35,36). The van der Waals surface area contributed by atoms with Gasteiger partial charge in [-0.3, -0.25) is 10.8 Å². The molecule has 0 aliphatic carbocycles. The van der Waals surface area contributed by atoms with Gasteiger partial charge in [0.05, 0.1) is 40.4 Å². The zero-order valence-corrected chi connectivity index (χ0v) is 21.2. The number of imidazole rings is 2. The van der Waals surface area contributed by atoms with Gasteiger partial charge in [0.25, 0.3) is 0 Å².